The van der Waals surface area contributed by atoms with Crippen molar-refractivity contribution in [3.05, 3.63) is 176 Å². The van der Waals surface area contributed by atoms with Gasteiger partial charge in [-0.1, -0.05) is 89.6 Å². The van der Waals surface area contributed by atoms with Crippen molar-refractivity contribution in [2.24, 2.45) is 5.73 Å². The molecule has 15 N–H and O–H groups in total. The van der Waals surface area contributed by atoms with Crippen LogP contribution in [0.2, 0.25) is 0 Å². The number of thiocarbonyl (C=S) groups is 1. The van der Waals surface area contributed by atoms with Crippen molar-refractivity contribution in [3.63, 3.8) is 0 Å². The van der Waals surface area contributed by atoms with Gasteiger partial charge >= 0.3 is 11.9 Å². The number of aliphatic hydroxyl groups excluding tert-OH is 1. The number of phenolic OH excluding ortho intramolecular Hbond substituents is 1. The van der Waals surface area contributed by atoms with E-state index in [1.165, 1.54) is 36.4 Å². The zero-order chi connectivity index (χ0) is 74.2. The number of unbranched alkanes of at least 4 members (excludes halogenated alkanes) is 2. The number of halogens is 1. The van der Waals surface area contributed by atoms with Crippen LogP contribution in [0.3, 0.4) is 0 Å². The number of aromatic carboxylic acids is 1. The zero-order valence-electron chi connectivity index (χ0n) is 56.7. The molecule has 1 heterocycles. The first kappa shape index (κ1) is 78.7. The van der Waals surface area contributed by atoms with E-state index >= 15 is 0 Å². The van der Waals surface area contributed by atoms with Crippen LogP contribution < -0.4 is 59.0 Å². The van der Waals surface area contributed by atoms with Gasteiger partial charge in [0, 0.05) is 70.2 Å². The molecule has 0 radical (unpaired) electrons. The van der Waals surface area contributed by atoms with E-state index in [1.54, 1.807) is 110 Å². The Morgan fingerprint density at radius 2 is 1.11 bits per heavy atom. The number of fused-ring (bicyclic) bond motifs is 2. The summed E-state index contributed by atoms with van der Waals surface area (Å²) in [6, 6.07) is 27.3. The predicted molar refractivity (Wildman–Crippen MR) is 389 cm³/mol. The highest BCUT2D eigenvalue weighted by molar-refractivity contribution is 9.10. The Morgan fingerprint density at radius 3 is 1.70 bits per heavy atom. The number of phenols is 1. The number of nitrogens with zero attached hydrogens (tertiary/aromatic N) is 1. The number of aromatic hydroxyl groups is 1. The van der Waals surface area contributed by atoms with Gasteiger partial charge in [-0.15, -0.1) is 0 Å². The summed E-state index contributed by atoms with van der Waals surface area (Å²) >= 11 is 8.87. The number of primary amides is 1. The van der Waals surface area contributed by atoms with Gasteiger partial charge in [-0.05, 0) is 141 Å². The number of nitrogens with two attached hydrogens (primary N) is 1. The molecule has 5 aromatic rings. The molecule has 0 unspecified atom stereocenters. The van der Waals surface area contributed by atoms with Gasteiger partial charge in [0.25, 0.3) is 5.91 Å². The number of carbonyl (C=O) groups excluding carboxylic acids is 8. The van der Waals surface area contributed by atoms with Crippen LogP contribution in [0.25, 0.3) is 33.4 Å². The highest BCUT2D eigenvalue weighted by Gasteiger charge is 2.35. The van der Waals surface area contributed by atoms with E-state index in [0.717, 1.165) is 10.0 Å². The molecule has 0 saturated carbocycles. The van der Waals surface area contributed by atoms with Gasteiger partial charge in [0.05, 0.1) is 39.9 Å². The number of nitrogens with one attached hydrogen (secondary N) is 9. The second-order valence-electron chi connectivity index (χ2n) is 25.5. The number of anilines is 1. The van der Waals surface area contributed by atoms with Crippen molar-refractivity contribution in [2.75, 3.05) is 46.2 Å². The second-order valence-corrected chi connectivity index (χ2v) is 26.8. The number of carboxylic acid groups (broad SMARTS) is 2. The highest BCUT2D eigenvalue weighted by atomic mass is 79.9. The number of aliphatic hydroxyl groups is 1. The van der Waals surface area contributed by atoms with Gasteiger partial charge in [0.1, 0.15) is 59.4 Å². The number of rotatable bonds is 37. The minimum absolute atomic E-state index is 0.00104. The molecule has 540 valence electrons. The highest BCUT2D eigenvalue weighted by Crippen LogP contribution is 2.42. The number of carbonyl (C=O) groups is 10. The molecule has 27 nitrogen and oxygen atoms in total. The number of hydrogen-bond donors (Lipinski definition) is 14. The molecule has 8 amide bonds. The number of aliphatic carboxylic acids is 1. The molecule has 29 heteroatoms. The first-order chi connectivity index (χ1) is 48.6. The van der Waals surface area contributed by atoms with Crippen molar-refractivity contribution in [1.82, 2.24) is 42.5 Å². The molecule has 1 aliphatic carbocycles. The van der Waals surface area contributed by atoms with Gasteiger partial charge in [0.15, 0.2) is 10.5 Å². The van der Waals surface area contributed by atoms with E-state index in [2.05, 4.69) is 63.8 Å². The molecule has 7 rings (SSSR count). The molecule has 0 bridgehead atoms. The van der Waals surface area contributed by atoms with Gasteiger partial charge in [-0.25, -0.2) is 4.79 Å². The summed E-state index contributed by atoms with van der Waals surface area (Å²) in [5.74, 6) is -9.40. The SMILES string of the molecule is CC[C@H](NC(=O)[C@H](Cc1ccccc1)NC(=O)c1ccc(Br)cc1)C(=O)N[C@@H](Cc1ccccc1)C(=O)N[C@@H](CCCC[N+](C)(C)C)C(=O)N[C@@H](CO)C(=O)N[C@@H](CCC(=O)O)C(=O)N[C@@H](CCCCNC(=S)Nc1ccc(-c2c3ccc(=O)cc-3oc3cc(O)ccc23)c(C(=O)O)c1)C(N)=O. The van der Waals surface area contributed by atoms with Crippen LogP contribution in [0.5, 0.6) is 5.75 Å². The molecule has 0 fully saturated rings. The normalized spacial score (nSPS) is 13.3. The standard InChI is InChI=1S/C73H84BrN11O16S/c1-5-53(78-69(96)57(36-42-16-8-6-9-17-42)82-65(92)44-22-24-45(74)25-23-44)66(93)83-58(37-43-18-10-7-11-19-43)70(97)80-55(21-13-15-35-85(2,3)4)67(94)84-59(41-86)71(98)81-56(32-33-62(89)90)68(95)79-54(64(75)91)20-12-14-34-76-73(102)77-46-26-29-49(52(38-46)72(99)100)63-50-30-27-47(87)39-60(50)101-61-40-48(88)28-31-51(61)63/h6-11,16-19,22-31,38-40,53-59,86H,5,12-15,20-21,32-37,41H2,1-4H3,(H13-,75,76,77,78,79,80,81,82,83,84,87,88,89,90,91,92,93,94,95,96,97,98,99,100,102)/p+1/t53-,54-,55-,56-,57-,58-,59-/m0/s1. The second kappa shape index (κ2) is 37.7. The molecule has 0 aromatic heterocycles. The number of benzene rings is 6. The van der Waals surface area contributed by atoms with Gasteiger partial charge in [-0.3, -0.25) is 47.9 Å². The van der Waals surface area contributed by atoms with Crippen molar-refractivity contribution >= 4 is 109 Å². The molecular formula is C73H85BrN11O16S+. The van der Waals surface area contributed by atoms with Crippen LogP contribution in [0, 0.1) is 0 Å². The number of hydrogen-bond acceptors (Lipinski definition) is 15. The quantitative estimate of drug-likeness (QED) is 0.0105. The van der Waals surface area contributed by atoms with E-state index in [4.69, 9.17) is 22.4 Å². The van der Waals surface area contributed by atoms with E-state index in [9.17, 15) is 73.2 Å². The van der Waals surface area contributed by atoms with Gasteiger partial charge in [-0.2, -0.15) is 0 Å². The lowest BCUT2D eigenvalue weighted by atomic mass is 9.90. The number of quaternary nitrogens is 1. The van der Waals surface area contributed by atoms with Crippen LogP contribution in [0.4, 0.5) is 5.69 Å². The third-order valence-corrected chi connectivity index (χ3v) is 17.4. The Morgan fingerprint density at radius 1 is 0.578 bits per heavy atom. The van der Waals surface area contributed by atoms with Crippen LogP contribution >= 0.6 is 28.1 Å². The molecular weight excluding hydrogens is 1400 g/mol. The molecule has 102 heavy (non-hydrogen) atoms. The average molecular weight is 1480 g/mol. The fraction of sp³-hybridized carbons (Fsp3) is 0.342. The monoisotopic (exact) mass is 1480 g/mol. The Kier molecular flexibility index (Phi) is 29.1. The molecule has 1 aliphatic heterocycles. The predicted octanol–water partition coefficient (Wildman–Crippen LogP) is 5.01. The van der Waals surface area contributed by atoms with E-state index in [0.29, 0.717) is 58.1 Å². The minimum atomic E-state index is -1.79. The Hall–Kier alpha value is -10.6. The van der Waals surface area contributed by atoms with E-state index < -0.39 is 121 Å². The minimum Gasteiger partial charge on any atom is -0.508 e. The third kappa shape index (κ3) is 23.8. The van der Waals surface area contributed by atoms with E-state index in [1.807, 2.05) is 21.1 Å². The number of amides is 8. The lowest BCUT2D eigenvalue weighted by Crippen LogP contribution is -2.60. The largest absolute Gasteiger partial charge is 0.508 e. The molecule has 5 aromatic carbocycles. The van der Waals surface area contributed by atoms with Gasteiger partial charge < -0.3 is 82.9 Å². The van der Waals surface area contributed by atoms with Gasteiger partial charge in [0.2, 0.25) is 41.4 Å². The van der Waals surface area contributed by atoms with Crippen LogP contribution in [-0.2, 0) is 51.2 Å². The summed E-state index contributed by atoms with van der Waals surface area (Å²) in [5, 5.41) is 65.8. The molecule has 0 spiro atoms. The van der Waals surface area contributed by atoms with Crippen molar-refractivity contribution < 1.29 is 77.3 Å². The molecule has 7 atom stereocenters. The summed E-state index contributed by atoms with van der Waals surface area (Å²) in [4.78, 5) is 149. The Bertz CT molecular complexity index is 4180. The Balaban J connectivity index is 0.981. The van der Waals surface area contributed by atoms with Crippen molar-refractivity contribution in [1.29, 1.82) is 0 Å². The zero-order valence-corrected chi connectivity index (χ0v) is 59.1. The smallest absolute Gasteiger partial charge is 0.336 e. The summed E-state index contributed by atoms with van der Waals surface area (Å²) in [6.07, 6.45) is 0.343. The van der Waals surface area contributed by atoms with Crippen molar-refractivity contribution in [2.45, 2.75) is 120 Å². The summed E-state index contributed by atoms with van der Waals surface area (Å²) < 4.78 is 7.22. The average Bonchev–Trinajstić information content (AvgIpc) is 0.748. The molecule has 0 saturated heterocycles. The maximum atomic E-state index is 14.7. The topological polar surface area (TPSA) is 416 Å². The first-order valence-electron chi connectivity index (χ1n) is 33.1. The fourth-order valence-electron chi connectivity index (χ4n) is 11.2. The third-order valence-electron chi connectivity index (χ3n) is 16.6. The summed E-state index contributed by atoms with van der Waals surface area (Å²) in [7, 11) is 5.92. The van der Waals surface area contributed by atoms with Crippen molar-refractivity contribution in [3.8, 4) is 28.2 Å². The van der Waals surface area contributed by atoms with E-state index in [-0.39, 0.29) is 89.4 Å². The maximum Gasteiger partial charge on any atom is 0.336 e. The number of carboxylic acids is 2. The first-order valence-corrected chi connectivity index (χ1v) is 34.3. The van der Waals surface area contributed by atoms with Crippen LogP contribution in [0.1, 0.15) is 96.6 Å². The Labute approximate surface area is 602 Å². The summed E-state index contributed by atoms with van der Waals surface area (Å²) in [5.41, 5.74) is 8.60. The maximum absolute atomic E-state index is 14.7. The molecule has 2 aliphatic rings. The fourth-order valence-corrected chi connectivity index (χ4v) is 11.7. The lowest BCUT2D eigenvalue weighted by molar-refractivity contribution is -0.870. The lowest BCUT2D eigenvalue weighted by Gasteiger charge is -2.28. The summed E-state index contributed by atoms with van der Waals surface area (Å²) in [6.45, 7) is 1.47. The van der Waals surface area contributed by atoms with Crippen LogP contribution in [-0.4, -0.2) is 172 Å². The van der Waals surface area contributed by atoms with Crippen LogP contribution in [0.15, 0.2) is 153 Å².